The molecule has 0 saturated carbocycles. The molecule has 0 fully saturated rings. The van der Waals surface area contributed by atoms with Crippen LogP contribution in [0.4, 0.5) is 0 Å². The summed E-state index contributed by atoms with van der Waals surface area (Å²) in [5.74, 6) is 0.390. The fraction of sp³-hybridized carbons (Fsp3) is 0.438. The number of halogens is 3. The summed E-state index contributed by atoms with van der Waals surface area (Å²) in [5, 5.41) is 4.36. The Morgan fingerprint density at radius 2 is 1.82 bits per heavy atom. The second kappa shape index (κ2) is 9.41. The zero-order valence-corrected chi connectivity index (χ0v) is 15.5. The number of nitrogens with zero attached hydrogens (tertiary/aromatic N) is 2. The van der Waals surface area contributed by atoms with Crippen LogP contribution in [0.1, 0.15) is 32.3 Å². The van der Waals surface area contributed by atoms with Crippen LogP contribution in [0.2, 0.25) is 5.02 Å². The average molecular weight is 365 g/mol. The van der Waals surface area contributed by atoms with Gasteiger partial charge in [-0.25, -0.2) is 4.98 Å². The molecule has 1 aromatic carbocycles. The summed E-state index contributed by atoms with van der Waals surface area (Å²) in [6.07, 6.45) is 5.68. The van der Waals surface area contributed by atoms with E-state index < -0.39 is 0 Å². The molecule has 1 unspecified atom stereocenters. The maximum Gasteiger partial charge on any atom is 0.0946 e. The normalized spacial score (nSPS) is 12.2. The van der Waals surface area contributed by atoms with Crippen LogP contribution in [0.25, 0.3) is 0 Å². The first-order valence-electron chi connectivity index (χ1n) is 6.90. The minimum absolute atomic E-state index is 0. The summed E-state index contributed by atoms with van der Waals surface area (Å²) >= 11 is 5.98. The molecule has 0 saturated heterocycles. The molecule has 1 aromatic heterocycles. The van der Waals surface area contributed by atoms with E-state index in [9.17, 15) is 0 Å². The lowest BCUT2D eigenvalue weighted by Gasteiger charge is -2.26. The van der Waals surface area contributed by atoms with Crippen molar-refractivity contribution in [2.75, 3.05) is 6.54 Å². The first-order valence-corrected chi connectivity index (χ1v) is 7.28. The van der Waals surface area contributed by atoms with Gasteiger partial charge >= 0.3 is 0 Å². The molecule has 2 aromatic rings. The Hall–Kier alpha value is -0.740. The van der Waals surface area contributed by atoms with Gasteiger partial charge in [-0.3, -0.25) is 0 Å². The highest BCUT2D eigenvalue weighted by atomic mass is 35.5. The molecular formula is C16H24Cl3N3. The quantitative estimate of drug-likeness (QED) is 0.843. The lowest BCUT2D eigenvalue weighted by molar-refractivity contribution is 0.390. The summed E-state index contributed by atoms with van der Waals surface area (Å²) in [7, 11) is 0. The predicted molar refractivity (Wildman–Crippen MR) is 98.7 cm³/mol. The molecule has 3 nitrogen and oxygen atoms in total. The SMILES string of the molecule is CC(C)(C)NCC(Cn1ccnc1)c1ccc(Cl)cc1.Cl.Cl. The van der Waals surface area contributed by atoms with Crippen LogP contribution >= 0.6 is 36.4 Å². The highest BCUT2D eigenvalue weighted by molar-refractivity contribution is 6.30. The molecule has 0 bridgehead atoms. The summed E-state index contributed by atoms with van der Waals surface area (Å²) < 4.78 is 2.11. The van der Waals surface area contributed by atoms with Crippen molar-refractivity contribution in [3.8, 4) is 0 Å². The topological polar surface area (TPSA) is 29.9 Å². The summed E-state index contributed by atoms with van der Waals surface area (Å²) in [5.41, 5.74) is 1.40. The average Bonchev–Trinajstić information content (AvgIpc) is 2.87. The van der Waals surface area contributed by atoms with Crippen LogP contribution < -0.4 is 5.32 Å². The van der Waals surface area contributed by atoms with E-state index in [4.69, 9.17) is 11.6 Å². The molecule has 124 valence electrons. The van der Waals surface area contributed by atoms with Crippen molar-refractivity contribution in [1.29, 1.82) is 0 Å². The lowest BCUT2D eigenvalue weighted by atomic mass is 9.97. The molecule has 0 aliphatic heterocycles. The molecule has 1 atom stereocenters. The van der Waals surface area contributed by atoms with Crippen LogP contribution in [-0.4, -0.2) is 21.6 Å². The van der Waals surface area contributed by atoms with Gasteiger partial charge in [0, 0.05) is 42.0 Å². The monoisotopic (exact) mass is 363 g/mol. The summed E-state index contributed by atoms with van der Waals surface area (Å²) in [4.78, 5) is 4.11. The lowest BCUT2D eigenvalue weighted by Crippen LogP contribution is -2.39. The highest BCUT2D eigenvalue weighted by Crippen LogP contribution is 2.20. The maximum atomic E-state index is 5.98. The van der Waals surface area contributed by atoms with Crippen molar-refractivity contribution >= 4 is 36.4 Å². The fourth-order valence-electron chi connectivity index (χ4n) is 2.10. The van der Waals surface area contributed by atoms with E-state index in [1.807, 2.05) is 30.9 Å². The van der Waals surface area contributed by atoms with Crippen LogP contribution in [0.5, 0.6) is 0 Å². The zero-order valence-electron chi connectivity index (χ0n) is 13.1. The number of nitrogens with one attached hydrogen (secondary N) is 1. The zero-order chi connectivity index (χ0) is 14.6. The minimum Gasteiger partial charge on any atom is -0.337 e. The van der Waals surface area contributed by atoms with E-state index in [0.717, 1.165) is 18.1 Å². The van der Waals surface area contributed by atoms with Crippen molar-refractivity contribution in [3.63, 3.8) is 0 Å². The van der Waals surface area contributed by atoms with Crippen LogP contribution in [0.15, 0.2) is 43.0 Å². The molecule has 0 radical (unpaired) electrons. The van der Waals surface area contributed by atoms with E-state index in [1.165, 1.54) is 5.56 Å². The van der Waals surface area contributed by atoms with Gasteiger partial charge in [0.15, 0.2) is 0 Å². The second-order valence-electron chi connectivity index (χ2n) is 6.14. The molecule has 0 spiro atoms. The van der Waals surface area contributed by atoms with Gasteiger partial charge in [0.2, 0.25) is 0 Å². The largest absolute Gasteiger partial charge is 0.337 e. The summed E-state index contributed by atoms with van der Waals surface area (Å²) in [6.45, 7) is 8.38. The third kappa shape index (κ3) is 7.01. The number of aromatic nitrogens is 2. The van der Waals surface area contributed by atoms with Gasteiger partial charge < -0.3 is 9.88 Å². The highest BCUT2D eigenvalue weighted by Gasteiger charge is 2.16. The molecule has 22 heavy (non-hydrogen) atoms. The Morgan fingerprint density at radius 1 is 1.18 bits per heavy atom. The van der Waals surface area contributed by atoms with Crippen molar-refractivity contribution in [3.05, 3.63) is 53.6 Å². The van der Waals surface area contributed by atoms with E-state index in [2.05, 4.69) is 47.8 Å². The molecule has 0 amide bonds. The molecule has 1 N–H and O–H groups in total. The van der Waals surface area contributed by atoms with Crippen molar-refractivity contribution in [2.45, 2.75) is 38.8 Å². The van der Waals surface area contributed by atoms with Crippen molar-refractivity contribution in [2.24, 2.45) is 0 Å². The van der Waals surface area contributed by atoms with E-state index in [-0.39, 0.29) is 30.4 Å². The van der Waals surface area contributed by atoms with E-state index in [1.54, 1.807) is 0 Å². The predicted octanol–water partition coefficient (Wildman–Crippen LogP) is 4.55. The Labute approximate surface area is 150 Å². The van der Waals surface area contributed by atoms with Gasteiger partial charge in [-0.05, 0) is 38.5 Å². The molecule has 1 heterocycles. The Kier molecular flexibility index (Phi) is 9.09. The van der Waals surface area contributed by atoms with Gasteiger partial charge in [0.25, 0.3) is 0 Å². The third-order valence-electron chi connectivity index (χ3n) is 3.21. The van der Waals surface area contributed by atoms with Crippen LogP contribution in [-0.2, 0) is 6.54 Å². The standard InChI is InChI=1S/C16H22ClN3.2ClH/c1-16(2,3)19-10-14(11-20-9-8-18-12-20)13-4-6-15(17)7-5-13;;/h4-9,12,14,19H,10-11H2,1-3H3;2*1H. The second-order valence-corrected chi connectivity index (χ2v) is 6.58. The van der Waals surface area contributed by atoms with Crippen molar-refractivity contribution < 1.29 is 0 Å². The number of benzene rings is 1. The van der Waals surface area contributed by atoms with Crippen LogP contribution in [0, 0.1) is 0 Å². The van der Waals surface area contributed by atoms with Gasteiger partial charge in [-0.2, -0.15) is 0 Å². The first-order chi connectivity index (χ1) is 9.44. The maximum absolute atomic E-state index is 5.98. The fourth-order valence-corrected chi connectivity index (χ4v) is 2.23. The van der Waals surface area contributed by atoms with E-state index >= 15 is 0 Å². The van der Waals surface area contributed by atoms with E-state index in [0.29, 0.717) is 5.92 Å². The van der Waals surface area contributed by atoms with Gasteiger partial charge in [-0.1, -0.05) is 23.7 Å². The number of rotatable bonds is 5. The minimum atomic E-state index is 0. The number of hydrogen-bond donors (Lipinski definition) is 1. The molecule has 0 aliphatic carbocycles. The number of imidazole rings is 1. The molecule has 2 rings (SSSR count). The summed E-state index contributed by atoms with van der Waals surface area (Å²) in [6, 6.07) is 8.12. The Morgan fingerprint density at radius 3 is 2.32 bits per heavy atom. The van der Waals surface area contributed by atoms with Gasteiger partial charge in [0.05, 0.1) is 6.33 Å². The smallest absolute Gasteiger partial charge is 0.0946 e. The van der Waals surface area contributed by atoms with Gasteiger partial charge in [0.1, 0.15) is 0 Å². The van der Waals surface area contributed by atoms with Crippen LogP contribution in [0.3, 0.4) is 0 Å². The Bertz CT molecular complexity index is 519. The Balaban J connectivity index is 0.00000220. The molecule has 0 aliphatic rings. The molecular weight excluding hydrogens is 341 g/mol. The third-order valence-corrected chi connectivity index (χ3v) is 3.46. The van der Waals surface area contributed by atoms with Gasteiger partial charge in [-0.15, -0.1) is 24.8 Å². The first kappa shape index (κ1) is 21.3. The number of hydrogen-bond acceptors (Lipinski definition) is 2. The molecule has 6 heteroatoms. The van der Waals surface area contributed by atoms with Crippen molar-refractivity contribution in [1.82, 2.24) is 14.9 Å².